The second kappa shape index (κ2) is 6.65. The molecule has 2 aliphatic heterocycles. The van der Waals surface area contributed by atoms with Gasteiger partial charge >= 0.3 is 0 Å². The summed E-state index contributed by atoms with van der Waals surface area (Å²) in [5.74, 6) is -0.332. The number of nitrogens with zero attached hydrogens (tertiary/aromatic N) is 2. The molecule has 1 aromatic rings. The quantitative estimate of drug-likeness (QED) is 0.927. The molecule has 3 rings (SSSR count). The molecule has 2 heterocycles. The third-order valence-electron chi connectivity index (χ3n) is 4.72. The number of benzene rings is 1. The van der Waals surface area contributed by atoms with Gasteiger partial charge in [-0.1, -0.05) is 0 Å². The van der Waals surface area contributed by atoms with Gasteiger partial charge in [0.25, 0.3) is 5.91 Å². The van der Waals surface area contributed by atoms with Crippen molar-refractivity contribution in [3.05, 3.63) is 29.6 Å². The molecule has 1 aromatic carbocycles. The highest BCUT2D eigenvalue weighted by Crippen LogP contribution is 2.26. The van der Waals surface area contributed by atoms with E-state index in [1.54, 1.807) is 12.1 Å². The largest absolute Gasteiger partial charge is 0.369 e. The standard InChI is InChI=1S/C17H24FN3O/c1-19-12-14-5-4-10-21(14)17(22)13-6-7-16(15(18)11-13)20-8-2-3-9-20/h6-7,11,14,19H,2-5,8-10,12H2,1H3/t14-/m1/s1. The molecular weight excluding hydrogens is 281 g/mol. The van der Waals surface area contributed by atoms with Crippen molar-refractivity contribution in [2.75, 3.05) is 38.1 Å². The summed E-state index contributed by atoms with van der Waals surface area (Å²) in [7, 11) is 1.89. The van der Waals surface area contributed by atoms with E-state index in [9.17, 15) is 9.18 Å². The number of carbonyl (C=O) groups is 1. The van der Waals surface area contributed by atoms with Gasteiger partial charge < -0.3 is 15.1 Å². The lowest BCUT2D eigenvalue weighted by atomic mass is 10.1. The van der Waals surface area contributed by atoms with E-state index in [1.807, 2.05) is 11.9 Å². The number of likely N-dealkylation sites (N-methyl/N-ethyl adjacent to an activating group) is 1. The number of anilines is 1. The molecule has 2 aliphatic rings. The molecule has 0 aliphatic carbocycles. The summed E-state index contributed by atoms with van der Waals surface area (Å²) in [5, 5.41) is 3.13. The fraction of sp³-hybridized carbons (Fsp3) is 0.588. The first-order chi connectivity index (χ1) is 10.7. The number of nitrogens with one attached hydrogen (secondary N) is 1. The number of amides is 1. The average molecular weight is 305 g/mol. The zero-order valence-electron chi connectivity index (χ0n) is 13.1. The number of halogens is 1. The number of hydrogen-bond acceptors (Lipinski definition) is 3. The maximum atomic E-state index is 14.4. The monoisotopic (exact) mass is 305 g/mol. The second-order valence-electron chi connectivity index (χ2n) is 6.21. The van der Waals surface area contributed by atoms with Crippen molar-refractivity contribution in [3.63, 3.8) is 0 Å². The number of rotatable bonds is 4. The minimum atomic E-state index is -0.280. The predicted molar refractivity (Wildman–Crippen MR) is 85.8 cm³/mol. The van der Waals surface area contributed by atoms with Crippen LogP contribution in [0.1, 0.15) is 36.0 Å². The number of hydrogen-bond donors (Lipinski definition) is 1. The summed E-state index contributed by atoms with van der Waals surface area (Å²) in [5.41, 5.74) is 1.09. The normalized spacial score (nSPS) is 21.6. The highest BCUT2D eigenvalue weighted by atomic mass is 19.1. The maximum Gasteiger partial charge on any atom is 0.254 e. The molecule has 0 spiro atoms. The smallest absolute Gasteiger partial charge is 0.254 e. The Balaban J connectivity index is 1.76. The van der Waals surface area contributed by atoms with Crippen LogP contribution in [0.15, 0.2) is 18.2 Å². The Hall–Kier alpha value is -1.62. The van der Waals surface area contributed by atoms with Crippen molar-refractivity contribution in [1.29, 1.82) is 0 Å². The van der Waals surface area contributed by atoms with Crippen molar-refractivity contribution < 1.29 is 9.18 Å². The van der Waals surface area contributed by atoms with Crippen molar-refractivity contribution >= 4 is 11.6 Å². The molecule has 0 saturated carbocycles. The molecule has 22 heavy (non-hydrogen) atoms. The van der Waals surface area contributed by atoms with Crippen molar-refractivity contribution in [3.8, 4) is 0 Å². The summed E-state index contributed by atoms with van der Waals surface area (Å²) >= 11 is 0. The fourth-order valence-electron chi connectivity index (χ4n) is 3.57. The van der Waals surface area contributed by atoms with E-state index >= 15 is 0 Å². The molecule has 0 radical (unpaired) electrons. The first-order valence-corrected chi connectivity index (χ1v) is 8.21. The third-order valence-corrected chi connectivity index (χ3v) is 4.72. The lowest BCUT2D eigenvalue weighted by Gasteiger charge is -2.25. The van der Waals surface area contributed by atoms with Crippen molar-refractivity contribution in [1.82, 2.24) is 10.2 Å². The number of likely N-dealkylation sites (tertiary alicyclic amines) is 1. The van der Waals surface area contributed by atoms with Crippen LogP contribution >= 0.6 is 0 Å². The lowest BCUT2D eigenvalue weighted by Crippen LogP contribution is -2.40. The van der Waals surface area contributed by atoms with Gasteiger partial charge in [0.2, 0.25) is 0 Å². The topological polar surface area (TPSA) is 35.6 Å². The van der Waals surface area contributed by atoms with Crippen LogP contribution in [0.4, 0.5) is 10.1 Å². The van der Waals surface area contributed by atoms with E-state index in [-0.39, 0.29) is 17.8 Å². The Bertz CT molecular complexity index is 543. The van der Waals surface area contributed by atoms with Crippen LogP contribution in [0.3, 0.4) is 0 Å². The Kier molecular flexibility index (Phi) is 4.62. The van der Waals surface area contributed by atoms with Gasteiger partial charge in [0.1, 0.15) is 5.82 Å². The average Bonchev–Trinajstić information content (AvgIpc) is 3.18. The molecule has 120 valence electrons. The first-order valence-electron chi connectivity index (χ1n) is 8.21. The van der Waals surface area contributed by atoms with Crippen LogP contribution < -0.4 is 10.2 Å². The Morgan fingerprint density at radius 2 is 2.05 bits per heavy atom. The molecule has 4 nitrogen and oxygen atoms in total. The maximum absolute atomic E-state index is 14.4. The second-order valence-corrected chi connectivity index (χ2v) is 6.21. The first kappa shape index (κ1) is 15.3. The van der Waals surface area contributed by atoms with Crippen LogP contribution in [-0.2, 0) is 0 Å². The molecular formula is C17H24FN3O. The predicted octanol–water partition coefficient (Wildman–Crippen LogP) is 2.25. The molecule has 0 bridgehead atoms. The van der Waals surface area contributed by atoms with Crippen molar-refractivity contribution in [2.24, 2.45) is 0 Å². The van der Waals surface area contributed by atoms with E-state index in [2.05, 4.69) is 10.2 Å². The molecule has 1 atom stereocenters. The van der Waals surface area contributed by atoms with E-state index in [0.717, 1.165) is 51.9 Å². The minimum Gasteiger partial charge on any atom is -0.369 e. The SMILES string of the molecule is CNC[C@H]1CCCN1C(=O)c1ccc(N2CCCC2)c(F)c1. The van der Waals surface area contributed by atoms with E-state index in [0.29, 0.717) is 11.3 Å². The van der Waals surface area contributed by atoms with Gasteiger partial charge in [-0.25, -0.2) is 4.39 Å². The van der Waals surface area contributed by atoms with Gasteiger partial charge in [0, 0.05) is 37.8 Å². The van der Waals surface area contributed by atoms with Gasteiger partial charge in [-0.2, -0.15) is 0 Å². The number of carbonyl (C=O) groups excluding carboxylic acids is 1. The molecule has 1 N–H and O–H groups in total. The summed E-state index contributed by atoms with van der Waals surface area (Å²) < 4.78 is 14.4. The molecule has 5 heteroatoms. The Morgan fingerprint density at radius 1 is 1.27 bits per heavy atom. The highest BCUT2D eigenvalue weighted by molar-refractivity contribution is 5.95. The Morgan fingerprint density at radius 3 is 2.73 bits per heavy atom. The molecule has 1 amide bonds. The summed E-state index contributed by atoms with van der Waals surface area (Å²) in [4.78, 5) is 16.6. The van der Waals surface area contributed by atoms with Crippen LogP contribution in [0.5, 0.6) is 0 Å². The molecule has 2 fully saturated rings. The van der Waals surface area contributed by atoms with Crippen LogP contribution in [0.25, 0.3) is 0 Å². The molecule has 0 unspecified atom stereocenters. The summed E-state index contributed by atoms with van der Waals surface area (Å²) in [6, 6.07) is 5.16. The van der Waals surface area contributed by atoms with Gasteiger partial charge in [-0.05, 0) is 50.9 Å². The van der Waals surface area contributed by atoms with Gasteiger partial charge in [0.15, 0.2) is 0 Å². The van der Waals surface area contributed by atoms with Gasteiger partial charge in [-0.3, -0.25) is 4.79 Å². The van der Waals surface area contributed by atoms with Gasteiger partial charge in [-0.15, -0.1) is 0 Å². The highest BCUT2D eigenvalue weighted by Gasteiger charge is 2.29. The van der Waals surface area contributed by atoms with Gasteiger partial charge in [0.05, 0.1) is 5.69 Å². The minimum absolute atomic E-state index is 0.0513. The van der Waals surface area contributed by atoms with Crippen LogP contribution in [0, 0.1) is 5.82 Å². The Labute approximate surface area is 131 Å². The zero-order chi connectivity index (χ0) is 15.5. The summed E-state index contributed by atoms with van der Waals surface area (Å²) in [6.07, 6.45) is 4.26. The van der Waals surface area contributed by atoms with Crippen LogP contribution in [-0.4, -0.2) is 50.1 Å². The lowest BCUT2D eigenvalue weighted by molar-refractivity contribution is 0.0736. The van der Waals surface area contributed by atoms with E-state index in [1.165, 1.54) is 6.07 Å². The fourth-order valence-corrected chi connectivity index (χ4v) is 3.57. The van der Waals surface area contributed by atoms with E-state index < -0.39 is 0 Å². The third kappa shape index (κ3) is 2.95. The molecule has 2 saturated heterocycles. The van der Waals surface area contributed by atoms with E-state index in [4.69, 9.17) is 0 Å². The summed E-state index contributed by atoms with van der Waals surface area (Å²) in [6.45, 7) is 3.36. The van der Waals surface area contributed by atoms with Crippen LogP contribution in [0.2, 0.25) is 0 Å². The zero-order valence-corrected chi connectivity index (χ0v) is 13.1. The van der Waals surface area contributed by atoms with Crippen molar-refractivity contribution in [2.45, 2.75) is 31.7 Å². The molecule has 0 aromatic heterocycles.